The van der Waals surface area contributed by atoms with Crippen LogP contribution in [0.5, 0.6) is 0 Å². The molecule has 2 N–H and O–H groups in total. The fourth-order valence-electron chi connectivity index (χ4n) is 2.94. The minimum Gasteiger partial charge on any atom is -0.389 e. The van der Waals surface area contributed by atoms with Crippen LogP contribution in [0.1, 0.15) is 47.5 Å². The van der Waals surface area contributed by atoms with Gasteiger partial charge in [0.2, 0.25) is 0 Å². The van der Waals surface area contributed by atoms with Crippen LogP contribution < -0.4 is 5.32 Å². The molecule has 1 heterocycles. The highest BCUT2D eigenvalue weighted by atomic mass is 16.5. The Balaban J connectivity index is 2.63. The first-order chi connectivity index (χ1) is 9.02. The quantitative estimate of drug-likeness (QED) is 0.782. The molecule has 0 saturated carbocycles. The van der Waals surface area contributed by atoms with Crippen LogP contribution in [0.2, 0.25) is 0 Å². The predicted molar refractivity (Wildman–Crippen MR) is 84.0 cm³/mol. The molecule has 0 radical (unpaired) electrons. The Labute approximate surface area is 124 Å². The van der Waals surface area contributed by atoms with Gasteiger partial charge in [0, 0.05) is 38.4 Å². The lowest BCUT2D eigenvalue weighted by atomic mass is 9.79. The van der Waals surface area contributed by atoms with E-state index in [1.54, 1.807) is 0 Å². The highest BCUT2D eigenvalue weighted by molar-refractivity contribution is 4.89. The maximum atomic E-state index is 9.98. The molecule has 0 amide bonds. The van der Waals surface area contributed by atoms with E-state index in [0.717, 1.165) is 39.1 Å². The normalized spacial score (nSPS) is 20.4. The molecular weight excluding hydrogens is 252 g/mol. The van der Waals surface area contributed by atoms with Crippen molar-refractivity contribution in [3.05, 3.63) is 0 Å². The van der Waals surface area contributed by atoms with Gasteiger partial charge in [-0.3, -0.25) is 0 Å². The fourth-order valence-corrected chi connectivity index (χ4v) is 2.94. The van der Waals surface area contributed by atoms with Crippen molar-refractivity contribution in [2.75, 3.05) is 39.9 Å². The number of nitrogens with zero attached hydrogens (tertiary/aromatic N) is 1. The lowest BCUT2D eigenvalue weighted by molar-refractivity contribution is -0.0193. The monoisotopic (exact) mass is 286 g/mol. The van der Waals surface area contributed by atoms with Crippen molar-refractivity contribution in [3.63, 3.8) is 0 Å². The van der Waals surface area contributed by atoms with E-state index < -0.39 is 5.60 Å². The first-order valence-corrected chi connectivity index (χ1v) is 7.75. The highest BCUT2D eigenvalue weighted by Gasteiger charge is 2.35. The van der Waals surface area contributed by atoms with Gasteiger partial charge in [0.05, 0.1) is 5.60 Å². The first kappa shape index (κ1) is 17.9. The number of aliphatic hydroxyl groups is 1. The molecule has 0 aromatic rings. The molecule has 0 aliphatic carbocycles. The van der Waals surface area contributed by atoms with Crippen molar-refractivity contribution in [1.82, 2.24) is 10.2 Å². The molecule has 0 atom stereocenters. The molecule has 1 fully saturated rings. The fraction of sp³-hybridized carbons (Fsp3) is 1.00. The average molecular weight is 286 g/mol. The number of hydrogen-bond acceptors (Lipinski definition) is 4. The van der Waals surface area contributed by atoms with Crippen LogP contribution in [0.3, 0.4) is 0 Å². The van der Waals surface area contributed by atoms with E-state index in [2.05, 4.69) is 38.0 Å². The van der Waals surface area contributed by atoms with E-state index in [9.17, 15) is 5.11 Å². The van der Waals surface area contributed by atoms with Gasteiger partial charge < -0.3 is 20.1 Å². The van der Waals surface area contributed by atoms with Crippen LogP contribution >= 0.6 is 0 Å². The SMILES string of the molecule is CN(CC(C)(C)O)CC1(CNC(C)(C)C)CCOCC1. The van der Waals surface area contributed by atoms with Crippen LogP contribution in [0.25, 0.3) is 0 Å². The van der Waals surface area contributed by atoms with Gasteiger partial charge in [-0.25, -0.2) is 0 Å². The molecule has 120 valence electrons. The van der Waals surface area contributed by atoms with Crippen molar-refractivity contribution in [1.29, 1.82) is 0 Å². The molecule has 20 heavy (non-hydrogen) atoms. The lowest BCUT2D eigenvalue weighted by Crippen LogP contribution is -2.52. The molecule has 1 saturated heterocycles. The highest BCUT2D eigenvalue weighted by Crippen LogP contribution is 2.31. The maximum absolute atomic E-state index is 9.98. The number of likely N-dealkylation sites (N-methyl/N-ethyl adjacent to an activating group) is 1. The summed E-state index contributed by atoms with van der Waals surface area (Å²) in [4.78, 5) is 2.26. The standard InChI is InChI=1S/C16H34N2O2/c1-14(2,3)17-11-16(7-9-20-10-8-16)13-18(6)12-15(4,5)19/h17,19H,7-13H2,1-6H3. The summed E-state index contributed by atoms with van der Waals surface area (Å²) in [7, 11) is 2.10. The Morgan fingerprint density at radius 2 is 1.70 bits per heavy atom. The summed E-state index contributed by atoms with van der Waals surface area (Å²) >= 11 is 0. The van der Waals surface area contributed by atoms with Gasteiger partial charge in [0.1, 0.15) is 0 Å². The van der Waals surface area contributed by atoms with E-state index in [-0.39, 0.29) is 11.0 Å². The van der Waals surface area contributed by atoms with Crippen molar-refractivity contribution in [2.45, 2.75) is 58.6 Å². The summed E-state index contributed by atoms with van der Waals surface area (Å²) in [6, 6.07) is 0. The third-order valence-electron chi connectivity index (χ3n) is 3.81. The Hall–Kier alpha value is -0.160. The predicted octanol–water partition coefficient (Wildman–Crippen LogP) is 1.87. The third kappa shape index (κ3) is 7.02. The van der Waals surface area contributed by atoms with Gasteiger partial charge in [-0.1, -0.05) is 0 Å². The Morgan fingerprint density at radius 1 is 1.15 bits per heavy atom. The van der Waals surface area contributed by atoms with Gasteiger partial charge in [-0.05, 0) is 59.9 Å². The van der Waals surface area contributed by atoms with E-state index in [1.807, 2.05) is 13.8 Å². The summed E-state index contributed by atoms with van der Waals surface area (Å²) in [5.41, 5.74) is -0.246. The molecule has 0 aromatic carbocycles. The smallest absolute Gasteiger partial charge is 0.0718 e. The molecule has 1 rings (SSSR count). The number of rotatable bonds is 6. The second-order valence-corrected chi connectivity index (χ2v) is 8.20. The zero-order chi connectivity index (χ0) is 15.4. The van der Waals surface area contributed by atoms with Gasteiger partial charge in [-0.2, -0.15) is 0 Å². The minimum atomic E-state index is -0.640. The molecule has 0 bridgehead atoms. The molecule has 4 heteroatoms. The van der Waals surface area contributed by atoms with Gasteiger partial charge >= 0.3 is 0 Å². The lowest BCUT2D eigenvalue weighted by Gasteiger charge is -2.42. The molecule has 0 spiro atoms. The van der Waals surface area contributed by atoms with E-state index in [4.69, 9.17) is 4.74 Å². The van der Waals surface area contributed by atoms with Gasteiger partial charge in [-0.15, -0.1) is 0 Å². The number of nitrogens with one attached hydrogen (secondary N) is 1. The van der Waals surface area contributed by atoms with Crippen molar-refractivity contribution in [2.24, 2.45) is 5.41 Å². The zero-order valence-electron chi connectivity index (χ0n) is 14.3. The minimum absolute atomic E-state index is 0.139. The topological polar surface area (TPSA) is 44.7 Å². The molecule has 4 nitrogen and oxygen atoms in total. The summed E-state index contributed by atoms with van der Waals surface area (Å²) in [6.07, 6.45) is 2.18. The first-order valence-electron chi connectivity index (χ1n) is 7.75. The molecule has 0 aromatic heterocycles. The Kier molecular flexibility index (Phi) is 6.02. The molecule has 1 aliphatic heterocycles. The maximum Gasteiger partial charge on any atom is 0.0718 e. The zero-order valence-corrected chi connectivity index (χ0v) is 14.3. The van der Waals surface area contributed by atoms with Crippen LogP contribution in [0.4, 0.5) is 0 Å². The van der Waals surface area contributed by atoms with Crippen LogP contribution in [0.15, 0.2) is 0 Å². The number of ether oxygens (including phenoxy) is 1. The average Bonchev–Trinajstić information content (AvgIpc) is 2.24. The molecule has 0 unspecified atom stereocenters. The van der Waals surface area contributed by atoms with Crippen LogP contribution in [0, 0.1) is 5.41 Å². The second kappa shape index (κ2) is 6.73. The third-order valence-corrected chi connectivity index (χ3v) is 3.81. The Morgan fingerprint density at radius 3 is 2.15 bits per heavy atom. The van der Waals surface area contributed by atoms with Crippen molar-refractivity contribution >= 4 is 0 Å². The Bertz CT molecular complexity index is 286. The van der Waals surface area contributed by atoms with Gasteiger partial charge in [0.25, 0.3) is 0 Å². The van der Waals surface area contributed by atoms with Crippen LogP contribution in [-0.2, 0) is 4.74 Å². The molecular formula is C16H34N2O2. The summed E-state index contributed by atoms with van der Waals surface area (Å²) in [5.74, 6) is 0. The van der Waals surface area contributed by atoms with Crippen molar-refractivity contribution in [3.8, 4) is 0 Å². The largest absolute Gasteiger partial charge is 0.389 e. The van der Waals surface area contributed by atoms with E-state index in [1.165, 1.54) is 0 Å². The summed E-state index contributed by atoms with van der Waals surface area (Å²) < 4.78 is 5.54. The van der Waals surface area contributed by atoms with E-state index in [0.29, 0.717) is 6.54 Å². The van der Waals surface area contributed by atoms with Crippen molar-refractivity contribution < 1.29 is 9.84 Å². The molecule has 1 aliphatic rings. The summed E-state index contributed by atoms with van der Waals surface area (Å²) in [5, 5.41) is 13.6. The summed E-state index contributed by atoms with van der Waals surface area (Å²) in [6.45, 7) is 14.8. The van der Waals surface area contributed by atoms with Crippen LogP contribution in [-0.4, -0.2) is 61.0 Å². The van der Waals surface area contributed by atoms with Gasteiger partial charge in [0.15, 0.2) is 0 Å². The van der Waals surface area contributed by atoms with E-state index >= 15 is 0 Å². The second-order valence-electron chi connectivity index (χ2n) is 8.20. The number of hydrogen-bond donors (Lipinski definition) is 2.